The third kappa shape index (κ3) is 4.54. The number of carbonyl (C=O) groups is 3. The van der Waals surface area contributed by atoms with Crippen molar-refractivity contribution in [1.82, 2.24) is 10.3 Å². The van der Waals surface area contributed by atoms with Crippen LogP contribution in [-0.4, -0.2) is 34.8 Å². The van der Waals surface area contributed by atoms with E-state index in [2.05, 4.69) is 10.3 Å². The highest BCUT2D eigenvalue weighted by Gasteiger charge is 2.32. The van der Waals surface area contributed by atoms with Crippen LogP contribution in [0.3, 0.4) is 0 Å². The van der Waals surface area contributed by atoms with E-state index in [0.29, 0.717) is 16.6 Å². The fourth-order valence-electron chi connectivity index (χ4n) is 3.52. The van der Waals surface area contributed by atoms with Crippen molar-refractivity contribution >= 4 is 28.6 Å². The molecule has 3 rings (SSSR count). The Morgan fingerprint density at radius 2 is 1.56 bits per heavy atom. The Morgan fingerprint density at radius 1 is 0.938 bits per heavy atom. The number of Topliss-reactive ketones (excluding diaryl/α,β-unsaturated/α-hetero) is 1. The zero-order chi connectivity index (χ0) is 23.6. The SMILES string of the molecule is Cc1[nH]c2ccccc2c1C(=O)[C@H](C)OC(=O)[C@H](NC(=O)c1c(F)cccc1F)C(C)C. The molecule has 2 aromatic carbocycles. The van der Waals surface area contributed by atoms with E-state index in [0.717, 1.165) is 23.7 Å². The third-order valence-corrected chi connectivity index (χ3v) is 5.20. The Kier molecular flexibility index (Phi) is 6.72. The van der Waals surface area contributed by atoms with Crippen LogP contribution in [-0.2, 0) is 9.53 Å². The van der Waals surface area contributed by atoms with Gasteiger partial charge in [0.05, 0.1) is 0 Å². The highest BCUT2D eigenvalue weighted by Crippen LogP contribution is 2.24. The lowest BCUT2D eigenvalue weighted by Gasteiger charge is -2.23. The van der Waals surface area contributed by atoms with Gasteiger partial charge >= 0.3 is 5.97 Å². The van der Waals surface area contributed by atoms with Crippen molar-refractivity contribution in [2.75, 3.05) is 0 Å². The number of ether oxygens (including phenoxy) is 1. The number of carbonyl (C=O) groups excluding carboxylic acids is 3. The van der Waals surface area contributed by atoms with Crippen LogP contribution in [0.2, 0.25) is 0 Å². The first-order valence-electron chi connectivity index (χ1n) is 10.2. The van der Waals surface area contributed by atoms with Gasteiger partial charge in [0.25, 0.3) is 5.91 Å². The number of benzene rings is 2. The molecule has 0 fully saturated rings. The van der Waals surface area contributed by atoms with Crippen LogP contribution < -0.4 is 5.32 Å². The van der Waals surface area contributed by atoms with Gasteiger partial charge in [-0.05, 0) is 38.0 Å². The topological polar surface area (TPSA) is 88.3 Å². The second-order valence-electron chi connectivity index (χ2n) is 7.91. The number of hydrogen-bond acceptors (Lipinski definition) is 4. The first-order chi connectivity index (χ1) is 15.1. The maximum Gasteiger partial charge on any atom is 0.329 e. The number of ketones is 1. The van der Waals surface area contributed by atoms with Crippen molar-refractivity contribution in [3.63, 3.8) is 0 Å². The average Bonchev–Trinajstić information content (AvgIpc) is 3.06. The summed E-state index contributed by atoms with van der Waals surface area (Å²) in [7, 11) is 0. The largest absolute Gasteiger partial charge is 0.453 e. The van der Waals surface area contributed by atoms with Gasteiger partial charge in [-0.2, -0.15) is 0 Å². The summed E-state index contributed by atoms with van der Waals surface area (Å²) in [5, 5.41) is 3.03. The summed E-state index contributed by atoms with van der Waals surface area (Å²) >= 11 is 0. The van der Waals surface area contributed by atoms with Crippen molar-refractivity contribution in [2.24, 2.45) is 5.92 Å². The summed E-state index contributed by atoms with van der Waals surface area (Å²) in [4.78, 5) is 41.3. The summed E-state index contributed by atoms with van der Waals surface area (Å²) < 4.78 is 33.2. The molecule has 1 amide bonds. The highest BCUT2D eigenvalue weighted by molar-refractivity contribution is 6.11. The van der Waals surface area contributed by atoms with Crippen molar-refractivity contribution in [3.8, 4) is 0 Å². The van der Waals surface area contributed by atoms with Crippen LogP contribution in [0.15, 0.2) is 42.5 Å². The zero-order valence-corrected chi connectivity index (χ0v) is 18.2. The number of hydrogen-bond donors (Lipinski definition) is 2. The molecule has 8 heteroatoms. The molecule has 1 aromatic heterocycles. The summed E-state index contributed by atoms with van der Waals surface area (Å²) in [5.74, 6) is -4.90. The number of rotatable bonds is 7. The molecule has 0 aliphatic rings. The summed E-state index contributed by atoms with van der Waals surface area (Å²) in [6.45, 7) is 6.47. The number of esters is 1. The van der Waals surface area contributed by atoms with E-state index in [4.69, 9.17) is 4.74 Å². The van der Waals surface area contributed by atoms with Gasteiger partial charge in [0.2, 0.25) is 5.78 Å². The van der Waals surface area contributed by atoms with E-state index in [-0.39, 0.29) is 0 Å². The first-order valence-corrected chi connectivity index (χ1v) is 10.2. The minimum atomic E-state index is -1.21. The number of nitrogens with one attached hydrogen (secondary N) is 2. The lowest BCUT2D eigenvalue weighted by atomic mass is 10.0. The summed E-state index contributed by atoms with van der Waals surface area (Å²) in [5.41, 5.74) is 1.05. The fraction of sp³-hybridized carbons (Fsp3) is 0.292. The van der Waals surface area contributed by atoms with E-state index in [1.54, 1.807) is 32.9 Å². The quantitative estimate of drug-likeness (QED) is 0.421. The second-order valence-corrected chi connectivity index (χ2v) is 7.91. The van der Waals surface area contributed by atoms with Gasteiger partial charge in [-0.15, -0.1) is 0 Å². The lowest BCUT2D eigenvalue weighted by Crippen LogP contribution is -2.47. The molecule has 32 heavy (non-hydrogen) atoms. The summed E-state index contributed by atoms with van der Waals surface area (Å²) in [6.07, 6.45) is -1.14. The van der Waals surface area contributed by atoms with Crippen molar-refractivity contribution in [2.45, 2.75) is 39.8 Å². The van der Waals surface area contributed by atoms with Crippen LogP contribution in [0.5, 0.6) is 0 Å². The molecular weight excluding hydrogens is 418 g/mol. The van der Waals surface area contributed by atoms with E-state index >= 15 is 0 Å². The molecule has 0 spiro atoms. The molecule has 0 bridgehead atoms. The monoisotopic (exact) mass is 442 g/mol. The zero-order valence-electron chi connectivity index (χ0n) is 18.2. The molecule has 2 N–H and O–H groups in total. The Morgan fingerprint density at radius 3 is 2.19 bits per heavy atom. The van der Waals surface area contributed by atoms with Gasteiger partial charge < -0.3 is 15.0 Å². The van der Waals surface area contributed by atoms with E-state index in [9.17, 15) is 23.2 Å². The van der Waals surface area contributed by atoms with Crippen LogP contribution in [0, 0.1) is 24.5 Å². The summed E-state index contributed by atoms with van der Waals surface area (Å²) in [6, 6.07) is 9.09. The average molecular weight is 442 g/mol. The molecule has 168 valence electrons. The molecule has 3 aromatic rings. The number of halogens is 2. The maximum atomic E-state index is 13.9. The smallest absolute Gasteiger partial charge is 0.329 e. The van der Waals surface area contributed by atoms with Crippen LogP contribution in [0.4, 0.5) is 8.78 Å². The van der Waals surface area contributed by atoms with Gasteiger partial charge in [-0.25, -0.2) is 13.6 Å². The molecule has 0 saturated carbocycles. The van der Waals surface area contributed by atoms with E-state index < -0.39 is 52.9 Å². The molecule has 6 nitrogen and oxygen atoms in total. The van der Waals surface area contributed by atoms with Crippen LogP contribution in [0.1, 0.15) is 47.2 Å². The predicted molar refractivity (Wildman–Crippen MR) is 115 cm³/mol. The normalized spacial score (nSPS) is 13.1. The van der Waals surface area contributed by atoms with Gasteiger partial charge in [0, 0.05) is 22.2 Å². The van der Waals surface area contributed by atoms with Gasteiger partial charge in [0.15, 0.2) is 6.10 Å². The van der Waals surface area contributed by atoms with Crippen LogP contribution >= 0.6 is 0 Å². The Hall–Kier alpha value is -3.55. The Labute approximate surface area is 184 Å². The van der Waals surface area contributed by atoms with Crippen molar-refractivity contribution in [1.29, 1.82) is 0 Å². The number of aryl methyl sites for hydroxylation is 1. The minimum Gasteiger partial charge on any atom is -0.453 e. The number of H-pyrrole nitrogens is 1. The number of aromatic nitrogens is 1. The molecule has 0 aliphatic carbocycles. The Bertz CT molecular complexity index is 1170. The molecule has 2 atom stereocenters. The van der Waals surface area contributed by atoms with Gasteiger partial charge in [-0.1, -0.05) is 38.1 Å². The number of aromatic amines is 1. The van der Waals surface area contributed by atoms with Gasteiger partial charge in [0.1, 0.15) is 23.2 Å². The molecule has 0 radical (unpaired) electrons. The fourth-order valence-corrected chi connectivity index (χ4v) is 3.52. The number of fused-ring (bicyclic) bond motifs is 1. The van der Waals surface area contributed by atoms with Crippen LogP contribution in [0.25, 0.3) is 10.9 Å². The number of para-hydroxylation sites is 1. The standard InChI is InChI=1S/C24H24F2N2O4/c1-12(2)21(28-23(30)20-16(25)9-7-10-17(20)26)24(31)32-14(4)22(29)19-13(3)27-18-11-6-5-8-15(18)19/h5-12,14,21,27H,1-4H3,(H,28,30)/t14-,21+/m0/s1. The third-order valence-electron chi connectivity index (χ3n) is 5.20. The first kappa shape index (κ1) is 23.1. The molecular formula is C24H24F2N2O4. The minimum absolute atomic E-state index is 0.401. The van der Waals surface area contributed by atoms with Gasteiger partial charge in [-0.3, -0.25) is 9.59 Å². The number of amides is 1. The molecule has 0 unspecified atom stereocenters. The van der Waals surface area contributed by atoms with Crippen molar-refractivity contribution in [3.05, 3.63) is 70.9 Å². The molecule has 1 heterocycles. The highest BCUT2D eigenvalue weighted by atomic mass is 19.1. The van der Waals surface area contributed by atoms with E-state index in [1.165, 1.54) is 6.92 Å². The Balaban J connectivity index is 1.77. The van der Waals surface area contributed by atoms with Crippen molar-refractivity contribution < 1.29 is 27.9 Å². The lowest BCUT2D eigenvalue weighted by molar-refractivity contribution is -0.149. The maximum absolute atomic E-state index is 13.9. The van der Waals surface area contributed by atoms with E-state index in [1.807, 2.05) is 12.1 Å². The molecule has 0 saturated heterocycles. The second kappa shape index (κ2) is 9.30. The molecule has 0 aliphatic heterocycles. The predicted octanol–water partition coefficient (Wildman–Crippen LogP) is 4.32.